The van der Waals surface area contributed by atoms with Crippen LogP contribution in [0.2, 0.25) is 0 Å². The first-order chi connectivity index (χ1) is 15.5. The number of allylic oxidation sites excluding steroid dienone is 2. The number of nitrogens with zero attached hydrogens (tertiary/aromatic N) is 4. The lowest BCUT2D eigenvalue weighted by Gasteiger charge is -2.15. The van der Waals surface area contributed by atoms with Crippen molar-refractivity contribution >= 4 is 50.1 Å². The van der Waals surface area contributed by atoms with Gasteiger partial charge in [-0.2, -0.15) is 5.10 Å². The van der Waals surface area contributed by atoms with Gasteiger partial charge >= 0.3 is 0 Å². The Morgan fingerprint density at radius 3 is 2.88 bits per heavy atom. The number of aryl methyl sites for hydroxylation is 1. The number of hydrogen-bond acceptors (Lipinski definition) is 6. The number of amides is 1. The van der Waals surface area contributed by atoms with E-state index in [2.05, 4.69) is 44.2 Å². The lowest BCUT2D eigenvalue weighted by molar-refractivity contribution is -0.114. The third kappa shape index (κ3) is 4.20. The fourth-order valence-corrected chi connectivity index (χ4v) is 5.58. The summed E-state index contributed by atoms with van der Waals surface area (Å²) in [5, 5.41) is 18.0. The molecule has 0 fully saturated rings. The predicted octanol–water partition coefficient (Wildman–Crippen LogP) is 4.80. The fraction of sp³-hybridized carbons (Fsp3) is 0.304. The maximum absolute atomic E-state index is 11.6. The highest BCUT2D eigenvalue weighted by Crippen LogP contribution is 2.43. The Kier molecular flexibility index (Phi) is 6.68. The molecule has 0 bridgehead atoms. The molecule has 4 rings (SSSR count). The van der Waals surface area contributed by atoms with Gasteiger partial charge in [-0.05, 0) is 52.9 Å². The standard InChI is InChI=1S/C23H24BrN5O2S/c1-4-5-15(11-25-3)20-16-7-8-18-22(32-23(27-18)26-13(2)31)21(16)29(28-20)19-9-6-14(12-30)10-17(19)24/h5-6,9-11,30H,4,7-8,12H2,1-3H3,(H,26,27,31)/b15-5+,25-11?. The SMILES string of the molecule is CC/C=C(\C=NC)c1nn(-c2ccc(CO)cc2Br)c2c1CCc1nc(NC(C)=O)sc1-2. The molecule has 2 aromatic heterocycles. The second kappa shape index (κ2) is 9.48. The van der Waals surface area contributed by atoms with Gasteiger partial charge in [0, 0.05) is 35.8 Å². The zero-order chi connectivity index (χ0) is 22.8. The highest BCUT2D eigenvalue weighted by atomic mass is 79.9. The van der Waals surface area contributed by atoms with Crippen LogP contribution in [0.5, 0.6) is 0 Å². The minimum absolute atomic E-state index is 0.0310. The number of aliphatic hydroxyl groups is 1. The highest BCUT2D eigenvalue weighted by Gasteiger charge is 2.30. The molecule has 0 spiro atoms. The predicted molar refractivity (Wildman–Crippen MR) is 133 cm³/mol. The summed E-state index contributed by atoms with van der Waals surface area (Å²) in [6.07, 6.45) is 6.44. The van der Waals surface area contributed by atoms with Crippen molar-refractivity contribution in [2.75, 3.05) is 12.4 Å². The molecular formula is C23H24BrN5O2S. The van der Waals surface area contributed by atoms with E-state index < -0.39 is 0 Å². The second-order valence-corrected chi connectivity index (χ2v) is 9.32. The summed E-state index contributed by atoms with van der Waals surface area (Å²) in [5.41, 5.74) is 6.68. The Morgan fingerprint density at radius 1 is 1.41 bits per heavy atom. The van der Waals surface area contributed by atoms with E-state index in [1.165, 1.54) is 18.3 Å². The topological polar surface area (TPSA) is 92.4 Å². The van der Waals surface area contributed by atoms with Gasteiger partial charge in [0.2, 0.25) is 5.91 Å². The minimum atomic E-state index is -0.139. The van der Waals surface area contributed by atoms with Gasteiger partial charge in [-0.1, -0.05) is 30.4 Å². The van der Waals surface area contributed by atoms with Gasteiger partial charge < -0.3 is 10.4 Å². The average molecular weight is 514 g/mol. The molecule has 0 radical (unpaired) electrons. The van der Waals surface area contributed by atoms with Crippen LogP contribution in [0.25, 0.3) is 21.8 Å². The molecule has 1 aliphatic carbocycles. The normalized spacial score (nSPS) is 13.3. The van der Waals surface area contributed by atoms with Crippen molar-refractivity contribution in [3.8, 4) is 16.3 Å². The van der Waals surface area contributed by atoms with Crippen LogP contribution in [0, 0.1) is 0 Å². The number of benzene rings is 1. The van der Waals surface area contributed by atoms with Crippen LogP contribution in [0.3, 0.4) is 0 Å². The molecule has 0 atom stereocenters. The molecule has 2 N–H and O–H groups in total. The highest BCUT2D eigenvalue weighted by molar-refractivity contribution is 9.10. The number of fused-ring (bicyclic) bond motifs is 3. The second-order valence-electron chi connectivity index (χ2n) is 7.46. The Labute approximate surface area is 199 Å². The van der Waals surface area contributed by atoms with Gasteiger partial charge in [0.25, 0.3) is 0 Å². The fourth-order valence-electron chi connectivity index (χ4n) is 3.87. The van der Waals surface area contributed by atoms with E-state index in [0.717, 1.165) is 68.1 Å². The summed E-state index contributed by atoms with van der Waals surface area (Å²) in [6.45, 7) is 3.55. The number of anilines is 1. The van der Waals surface area contributed by atoms with Crippen LogP contribution in [0.4, 0.5) is 5.13 Å². The summed E-state index contributed by atoms with van der Waals surface area (Å²) in [7, 11) is 1.76. The van der Waals surface area contributed by atoms with Gasteiger partial charge in [0.15, 0.2) is 5.13 Å². The Morgan fingerprint density at radius 2 is 2.22 bits per heavy atom. The van der Waals surface area contributed by atoms with Crippen molar-refractivity contribution in [1.82, 2.24) is 14.8 Å². The summed E-state index contributed by atoms with van der Waals surface area (Å²) < 4.78 is 2.78. The van der Waals surface area contributed by atoms with E-state index in [1.54, 1.807) is 7.05 Å². The number of halogens is 1. The van der Waals surface area contributed by atoms with Crippen molar-refractivity contribution < 1.29 is 9.90 Å². The zero-order valence-corrected chi connectivity index (χ0v) is 20.5. The first-order valence-electron chi connectivity index (χ1n) is 10.4. The van der Waals surface area contributed by atoms with Crippen molar-refractivity contribution in [3.63, 3.8) is 0 Å². The van der Waals surface area contributed by atoms with Crippen molar-refractivity contribution in [1.29, 1.82) is 0 Å². The van der Waals surface area contributed by atoms with E-state index >= 15 is 0 Å². The first-order valence-corrected chi connectivity index (χ1v) is 12.0. The zero-order valence-electron chi connectivity index (χ0n) is 18.1. The maximum Gasteiger partial charge on any atom is 0.223 e. The van der Waals surface area contributed by atoms with Crippen LogP contribution < -0.4 is 5.32 Å². The number of carbonyl (C=O) groups is 1. The number of aliphatic hydroxyl groups excluding tert-OH is 1. The number of aromatic nitrogens is 3. The van der Waals surface area contributed by atoms with Crippen molar-refractivity contribution in [3.05, 3.63) is 51.3 Å². The van der Waals surface area contributed by atoms with Gasteiger partial charge in [-0.15, -0.1) is 0 Å². The maximum atomic E-state index is 11.6. The van der Waals surface area contributed by atoms with Gasteiger partial charge in [-0.25, -0.2) is 9.67 Å². The molecule has 9 heteroatoms. The van der Waals surface area contributed by atoms with E-state index in [4.69, 9.17) is 5.10 Å². The number of rotatable bonds is 6. The molecule has 166 valence electrons. The van der Waals surface area contributed by atoms with Crippen LogP contribution in [0.15, 0.2) is 33.7 Å². The molecule has 0 saturated carbocycles. The smallest absolute Gasteiger partial charge is 0.223 e. The third-order valence-corrected chi connectivity index (χ3v) is 6.83. The summed E-state index contributed by atoms with van der Waals surface area (Å²) in [4.78, 5) is 21.5. The lowest BCUT2D eigenvalue weighted by atomic mass is 9.95. The molecule has 1 amide bonds. The van der Waals surface area contributed by atoms with Crippen LogP contribution in [-0.2, 0) is 24.2 Å². The number of aliphatic imine (C=N–C) groups is 1. The van der Waals surface area contributed by atoms with Crippen LogP contribution in [-0.4, -0.2) is 39.0 Å². The molecule has 1 aromatic carbocycles. The van der Waals surface area contributed by atoms with Crippen LogP contribution >= 0.6 is 27.3 Å². The lowest BCUT2D eigenvalue weighted by Crippen LogP contribution is -2.07. The number of hydrogen-bond donors (Lipinski definition) is 2. The molecule has 0 saturated heterocycles. The van der Waals surface area contributed by atoms with Gasteiger partial charge in [0.1, 0.15) is 0 Å². The number of nitrogens with one attached hydrogen (secondary N) is 1. The molecule has 7 nitrogen and oxygen atoms in total. The van der Waals surface area contributed by atoms with E-state index in [-0.39, 0.29) is 12.5 Å². The monoisotopic (exact) mass is 513 g/mol. The largest absolute Gasteiger partial charge is 0.392 e. The van der Waals surface area contributed by atoms with Crippen molar-refractivity contribution in [2.45, 2.75) is 39.7 Å². The number of thiazole rings is 1. The average Bonchev–Trinajstić information content (AvgIpc) is 3.33. The minimum Gasteiger partial charge on any atom is -0.392 e. The van der Waals surface area contributed by atoms with E-state index in [1.807, 2.05) is 29.1 Å². The molecule has 3 aromatic rings. The van der Waals surface area contributed by atoms with Gasteiger partial charge in [-0.3, -0.25) is 9.79 Å². The summed E-state index contributed by atoms with van der Waals surface area (Å²) in [5.74, 6) is -0.139. The molecule has 32 heavy (non-hydrogen) atoms. The molecule has 1 aliphatic rings. The molecule has 0 aliphatic heterocycles. The molecule has 0 unspecified atom stereocenters. The summed E-state index contributed by atoms with van der Waals surface area (Å²) >= 11 is 5.12. The van der Waals surface area contributed by atoms with E-state index in [0.29, 0.717) is 5.13 Å². The molecule has 2 heterocycles. The Bertz CT molecular complexity index is 1240. The third-order valence-electron chi connectivity index (χ3n) is 5.18. The molecular weight excluding hydrogens is 490 g/mol. The number of carbonyl (C=O) groups excluding carboxylic acids is 1. The summed E-state index contributed by atoms with van der Waals surface area (Å²) in [6, 6.07) is 5.75. The van der Waals surface area contributed by atoms with Crippen molar-refractivity contribution in [2.24, 2.45) is 4.99 Å². The van der Waals surface area contributed by atoms with Gasteiger partial charge in [0.05, 0.1) is 34.3 Å². The Balaban J connectivity index is 1.97. The quantitative estimate of drug-likeness (QED) is 0.463. The first kappa shape index (κ1) is 22.6. The Hall–Kier alpha value is -2.62. The van der Waals surface area contributed by atoms with Crippen LogP contribution in [0.1, 0.15) is 42.8 Å². The van der Waals surface area contributed by atoms with E-state index in [9.17, 15) is 9.90 Å².